The van der Waals surface area contributed by atoms with Crippen molar-refractivity contribution in [2.45, 2.75) is 90.0 Å². The number of nitrogens with one attached hydrogen (secondary N) is 2. The van der Waals surface area contributed by atoms with Gasteiger partial charge < -0.3 is 19.1 Å². The Morgan fingerprint density at radius 1 is 0.605 bits per heavy atom. The molecule has 8 aromatic rings. The van der Waals surface area contributed by atoms with Crippen LogP contribution in [-0.4, -0.2) is 118 Å². The van der Waals surface area contributed by atoms with Crippen LogP contribution >= 0.6 is 15.9 Å². The van der Waals surface area contributed by atoms with Crippen LogP contribution in [0.25, 0.3) is 33.6 Å². The van der Waals surface area contributed by atoms with E-state index in [0.29, 0.717) is 47.7 Å². The van der Waals surface area contributed by atoms with Gasteiger partial charge in [-0.25, -0.2) is 29.5 Å². The average molecular weight is 1250 g/mol. The van der Waals surface area contributed by atoms with Crippen molar-refractivity contribution in [3.63, 3.8) is 0 Å². The maximum atomic E-state index is 13.6. The molecule has 0 aromatic carbocycles. The fourth-order valence-electron chi connectivity index (χ4n) is 10.9. The van der Waals surface area contributed by atoms with Crippen molar-refractivity contribution in [1.29, 1.82) is 0 Å². The predicted molar refractivity (Wildman–Crippen MR) is 316 cm³/mol. The fourth-order valence-corrected chi connectivity index (χ4v) is 11.3. The Labute approximate surface area is 499 Å². The molecular weight excluding hydrogens is 1190 g/mol. The normalized spacial score (nSPS) is 18.0. The topological polar surface area (TPSA) is 203 Å². The smallest absolute Gasteiger partial charge is 0.399 e. The Morgan fingerprint density at radius 3 is 1.51 bits per heavy atom. The van der Waals surface area contributed by atoms with Crippen LogP contribution in [0.2, 0.25) is 0 Å². The highest BCUT2D eigenvalue weighted by Gasteiger charge is 2.53. The van der Waals surface area contributed by atoms with Crippen molar-refractivity contribution < 1.29 is 45.2 Å². The van der Waals surface area contributed by atoms with E-state index >= 15 is 0 Å². The Morgan fingerprint density at radius 2 is 1.06 bits per heavy atom. The monoisotopic (exact) mass is 1250 g/mol. The summed E-state index contributed by atoms with van der Waals surface area (Å²) in [7, 11) is 3.44. The van der Waals surface area contributed by atoms with Crippen LogP contribution in [0.3, 0.4) is 0 Å². The zero-order valence-corrected chi connectivity index (χ0v) is 49.5. The molecule has 86 heavy (non-hydrogen) atoms. The van der Waals surface area contributed by atoms with Crippen molar-refractivity contribution in [2.24, 2.45) is 14.1 Å². The van der Waals surface area contributed by atoms with Gasteiger partial charge in [0.25, 0.3) is 0 Å². The molecule has 4 bridgehead atoms. The van der Waals surface area contributed by atoms with E-state index in [4.69, 9.17) is 9.31 Å². The average Bonchev–Trinajstić information content (AvgIpc) is 1.56. The summed E-state index contributed by atoms with van der Waals surface area (Å²) in [6.45, 7) is 14.9. The number of rotatable bonds is 6. The first kappa shape index (κ1) is 59.2. The third-order valence-electron chi connectivity index (χ3n) is 15.9. The maximum absolute atomic E-state index is 13.6. The minimum atomic E-state index is -4.57. The highest BCUT2D eigenvalue weighted by atomic mass is 79.9. The van der Waals surface area contributed by atoms with Crippen molar-refractivity contribution in [2.75, 3.05) is 56.4 Å². The quantitative estimate of drug-likeness (QED) is 0.118. The molecule has 5 aliphatic rings. The van der Waals surface area contributed by atoms with Gasteiger partial charge in [0.15, 0.2) is 11.6 Å². The van der Waals surface area contributed by atoms with E-state index in [1.807, 2.05) is 46.4 Å². The number of aryl methyl sites for hydroxylation is 4. The summed E-state index contributed by atoms with van der Waals surface area (Å²) in [5, 5.41) is 14.4. The van der Waals surface area contributed by atoms with Gasteiger partial charge in [0, 0.05) is 104 Å². The van der Waals surface area contributed by atoms with Gasteiger partial charge >= 0.3 is 31.5 Å². The number of urea groups is 2. The van der Waals surface area contributed by atoms with Crippen molar-refractivity contribution in [1.82, 2.24) is 49.5 Å². The number of fused-ring (bicyclic) bond motifs is 8. The summed E-state index contributed by atoms with van der Waals surface area (Å²) in [4.78, 5) is 58.9. The molecule has 446 valence electrons. The maximum Gasteiger partial charge on any atom is 0.498 e. The molecule has 0 spiro atoms. The predicted octanol–water partition coefficient (Wildman–Crippen LogP) is 10.9. The molecule has 28 heteroatoms. The van der Waals surface area contributed by atoms with E-state index in [0.717, 1.165) is 94.3 Å². The highest BCUT2D eigenvalue weighted by Crippen LogP contribution is 2.43. The second-order valence-electron chi connectivity index (χ2n) is 22.3. The number of aromatic nitrogens is 10. The largest absolute Gasteiger partial charge is 0.498 e. The van der Waals surface area contributed by atoms with Crippen LogP contribution in [0, 0.1) is 13.8 Å². The van der Waals surface area contributed by atoms with E-state index < -0.39 is 35.8 Å². The molecule has 3 fully saturated rings. The van der Waals surface area contributed by atoms with Gasteiger partial charge in [-0.05, 0) is 133 Å². The molecule has 20 nitrogen and oxygen atoms in total. The van der Waals surface area contributed by atoms with E-state index in [1.54, 1.807) is 74.0 Å². The first-order chi connectivity index (χ1) is 40.7. The number of amides is 4. The zero-order valence-electron chi connectivity index (χ0n) is 47.9. The first-order valence-electron chi connectivity index (χ1n) is 27.4. The summed E-state index contributed by atoms with van der Waals surface area (Å²) >= 11 is 3.35. The molecule has 2 atom stereocenters. The third kappa shape index (κ3) is 12.0. The van der Waals surface area contributed by atoms with E-state index in [9.17, 15) is 35.9 Å². The second kappa shape index (κ2) is 22.7. The number of carbonyl (C=O) groups is 2. The lowest BCUT2D eigenvalue weighted by Gasteiger charge is -2.35. The molecule has 4 amide bonds. The zero-order chi connectivity index (χ0) is 61.2. The number of alkyl halides is 6. The Hall–Kier alpha value is -8.50. The van der Waals surface area contributed by atoms with Gasteiger partial charge in [-0.3, -0.25) is 39.8 Å². The third-order valence-corrected chi connectivity index (χ3v) is 16.4. The molecule has 3 saturated heterocycles. The molecule has 13 rings (SSSR count). The van der Waals surface area contributed by atoms with Crippen LogP contribution in [0.15, 0.2) is 114 Å². The number of anilines is 6. The van der Waals surface area contributed by atoms with Gasteiger partial charge in [-0.15, -0.1) is 0 Å². The number of hydrogen-bond acceptors (Lipinski definition) is 14. The molecule has 0 unspecified atom stereocenters. The van der Waals surface area contributed by atoms with Gasteiger partial charge in [-0.2, -0.15) is 36.5 Å². The van der Waals surface area contributed by atoms with Crippen molar-refractivity contribution >= 4 is 75.2 Å². The molecule has 0 radical (unpaired) electrons. The minimum Gasteiger partial charge on any atom is -0.399 e. The molecule has 0 aliphatic carbocycles. The summed E-state index contributed by atoms with van der Waals surface area (Å²) in [5.74, 6) is 1.57. The summed E-state index contributed by atoms with van der Waals surface area (Å²) < 4.78 is 95.3. The standard InChI is InChI=1S/C26H23F3N8O.C21H16BrF3N6O.C11H19BN2O2/c1-15-19(14-35(2)34-15)16-5-9-31-23(12-16)33-25(38)37-18-7-10-36(13-18)21-4-3-20(32-24(21)37)17-6-8-30-22(11-17)26(27,28)29;22-13-4-7-27-18(10-13)29-20(32)31-14-5-8-30(11-14)16-2-1-15(28-19(16)31)12-3-6-26-17(9-12)21(23,24)25;1-8-9(7-14(6)13-8)12-15-10(2,3)11(4,5)16-12/h3-6,8-9,11-12,14,18H,7,10,13H2,1-2H3,(H,31,33,38);1-4,6-7,9-10,14H,5,8,11H2,(H,27,29,32);7H,1-6H3/t18-;14-;/m00./s1. The van der Waals surface area contributed by atoms with Gasteiger partial charge in [0.05, 0.1) is 57.4 Å². The number of halogens is 7. The van der Waals surface area contributed by atoms with E-state index in [1.165, 1.54) is 12.1 Å². The van der Waals surface area contributed by atoms with Crippen LogP contribution < -0.4 is 35.7 Å². The van der Waals surface area contributed by atoms with Crippen molar-refractivity contribution in [3.05, 3.63) is 137 Å². The molecule has 8 aromatic heterocycles. The molecule has 0 saturated carbocycles. The lowest BCUT2D eigenvalue weighted by Crippen LogP contribution is -2.48. The lowest BCUT2D eigenvalue weighted by atomic mass is 9.79. The molecule has 2 N–H and O–H groups in total. The van der Waals surface area contributed by atoms with Crippen LogP contribution in [0.4, 0.5) is 70.6 Å². The van der Waals surface area contributed by atoms with Crippen LogP contribution in [0.1, 0.15) is 63.3 Å². The Bertz CT molecular complexity index is 3880. The minimum absolute atomic E-state index is 0.0967. The molecular formula is C58H58BBrF6N16O4. The lowest BCUT2D eigenvalue weighted by molar-refractivity contribution is -0.141. The summed E-state index contributed by atoms with van der Waals surface area (Å²) in [6.07, 6.45) is 1.64. The number of hydrogen-bond donors (Lipinski definition) is 2. The number of nitrogens with zero attached hydrogens (tertiary/aromatic N) is 14. The van der Waals surface area contributed by atoms with Crippen molar-refractivity contribution in [3.8, 4) is 33.6 Å². The summed E-state index contributed by atoms with van der Waals surface area (Å²) in [5.41, 5.74) is 4.78. The first-order valence-corrected chi connectivity index (χ1v) is 28.2. The second-order valence-corrected chi connectivity index (χ2v) is 23.2. The Kier molecular flexibility index (Phi) is 15.7. The Balaban J connectivity index is 0.000000144. The van der Waals surface area contributed by atoms with Gasteiger partial charge in [0.2, 0.25) is 0 Å². The number of pyridine rings is 6. The highest BCUT2D eigenvalue weighted by molar-refractivity contribution is 9.10. The van der Waals surface area contributed by atoms with E-state index in [-0.39, 0.29) is 41.5 Å². The van der Waals surface area contributed by atoms with Gasteiger partial charge in [-0.1, -0.05) is 15.9 Å². The van der Waals surface area contributed by atoms with Crippen LogP contribution in [-0.2, 0) is 35.8 Å². The fraction of sp³-hybridized carbons (Fsp3) is 0.345. The van der Waals surface area contributed by atoms with Crippen LogP contribution in [0.5, 0.6) is 0 Å². The van der Waals surface area contributed by atoms with Gasteiger partial charge in [0.1, 0.15) is 23.0 Å². The van der Waals surface area contributed by atoms with E-state index in [2.05, 4.69) is 104 Å². The molecule has 5 aliphatic heterocycles. The summed E-state index contributed by atoms with van der Waals surface area (Å²) in [6, 6.07) is 17.9. The number of carbonyl (C=O) groups excluding carboxylic acids is 2. The molecule has 13 heterocycles. The SMILES string of the molecule is Cc1nn(C)cc1-c1ccnc(NC(=O)N2c3nc(-c4ccnc(C(F)(F)F)c4)ccc3N3CC[C@H]2C3)c1.Cc1nn(C)cc1B1OC(C)(C)C(C)(C)O1.O=C(Nc1cc(Br)ccn1)N1c2nc(-c3ccnc(C(F)(F)F)c3)ccc2N2CC[C@H]1C2.